The molecule has 0 aliphatic rings. The van der Waals surface area contributed by atoms with Crippen molar-refractivity contribution in [1.82, 2.24) is 5.32 Å². The molecule has 0 aromatic heterocycles. The van der Waals surface area contributed by atoms with E-state index in [9.17, 15) is 9.90 Å². The number of carbonyl (C=O) groups excluding carboxylic acids is 1. The molecule has 0 aliphatic carbocycles. The summed E-state index contributed by atoms with van der Waals surface area (Å²) in [4.78, 5) is 11.9. The first kappa shape index (κ1) is 22.7. The van der Waals surface area contributed by atoms with Crippen LogP contribution in [-0.4, -0.2) is 17.6 Å². The SMILES string of the molecule is CCCCCCCCCCCCCC(=O)NCC(O)c1ccc(C)cc1. The highest BCUT2D eigenvalue weighted by Gasteiger charge is 2.09. The first-order valence-electron chi connectivity index (χ1n) is 10.6. The van der Waals surface area contributed by atoms with Crippen LogP contribution >= 0.6 is 0 Å². The average molecular weight is 362 g/mol. The Kier molecular flexibility index (Phi) is 12.9. The summed E-state index contributed by atoms with van der Waals surface area (Å²) in [6.07, 6.45) is 14.1. The molecular formula is C23H39NO2. The van der Waals surface area contributed by atoms with E-state index in [4.69, 9.17) is 0 Å². The second-order valence-electron chi connectivity index (χ2n) is 7.52. The molecule has 1 rings (SSSR count). The second-order valence-corrected chi connectivity index (χ2v) is 7.52. The number of hydrogen-bond acceptors (Lipinski definition) is 2. The van der Waals surface area contributed by atoms with Crippen molar-refractivity contribution < 1.29 is 9.90 Å². The predicted molar refractivity (Wildman–Crippen MR) is 110 cm³/mol. The van der Waals surface area contributed by atoms with Crippen LogP contribution in [0.5, 0.6) is 0 Å². The molecule has 1 atom stereocenters. The number of amides is 1. The van der Waals surface area contributed by atoms with Crippen molar-refractivity contribution >= 4 is 5.91 Å². The summed E-state index contributed by atoms with van der Waals surface area (Å²) in [6.45, 7) is 4.57. The highest BCUT2D eigenvalue weighted by Crippen LogP contribution is 2.13. The van der Waals surface area contributed by atoms with Gasteiger partial charge in [0.15, 0.2) is 0 Å². The standard InChI is InChI=1S/C23H39NO2/c1-3-4-5-6-7-8-9-10-11-12-13-14-23(26)24-19-22(25)21-17-15-20(2)16-18-21/h15-18,22,25H,3-14,19H2,1-2H3,(H,24,26). The van der Waals surface area contributed by atoms with Gasteiger partial charge in [0.05, 0.1) is 6.10 Å². The van der Waals surface area contributed by atoms with Crippen LogP contribution in [0.15, 0.2) is 24.3 Å². The van der Waals surface area contributed by atoms with E-state index in [2.05, 4.69) is 12.2 Å². The molecule has 3 nitrogen and oxygen atoms in total. The van der Waals surface area contributed by atoms with E-state index in [-0.39, 0.29) is 5.91 Å². The van der Waals surface area contributed by atoms with Crippen molar-refractivity contribution in [3.8, 4) is 0 Å². The molecule has 1 unspecified atom stereocenters. The normalized spacial score (nSPS) is 12.1. The third-order valence-electron chi connectivity index (χ3n) is 4.96. The second kappa shape index (κ2) is 14.8. The molecule has 0 saturated carbocycles. The van der Waals surface area contributed by atoms with E-state index in [0.717, 1.165) is 18.4 Å². The smallest absolute Gasteiger partial charge is 0.220 e. The molecule has 0 bridgehead atoms. The number of benzene rings is 1. The molecule has 1 amide bonds. The monoisotopic (exact) mass is 361 g/mol. The quantitative estimate of drug-likeness (QED) is 0.385. The number of nitrogens with one attached hydrogen (secondary N) is 1. The van der Waals surface area contributed by atoms with Crippen LogP contribution in [-0.2, 0) is 4.79 Å². The van der Waals surface area contributed by atoms with E-state index in [1.807, 2.05) is 31.2 Å². The van der Waals surface area contributed by atoms with Crippen LogP contribution in [0.3, 0.4) is 0 Å². The van der Waals surface area contributed by atoms with Crippen LogP contribution in [0.2, 0.25) is 0 Å². The molecule has 0 radical (unpaired) electrons. The zero-order chi connectivity index (χ0) is 19.0. The highest BCUT2D eigenvalue weighted by molar-refractivity contribution is 5.75. The minimum Gasteiger partial charge on any atom is -0.387 e. The van der Waals surface area contributed by atoms with E-state index in [1.165, 1.54) is 63.4 Å². The van der Waals surface area contributed by atoms with Gasteiger partial charge in [0.2, 0.25) is 5.91 Å². The fraction of sp³-hybridized carbons (Fsp3) is 0.696. The lowest BCUT2D eigenvalue weighted by Gasteiger charge is -2.12. The summed E-state index contributed by atoms with van der Waals surface area (Å²) in [6, 6.07) is 7.78. The Morgan fingerprint density at radius 1 is 0.885 bits per heavy atom. The Labute approximate surface area is 160 Å². The Morgan fingerprint density at radius 2 is 1.38 bits per heavy atom. The molecule has 0 spiro atoms. The molecule has 26 heavy (non-hydrogen) atoms. The van der Waals surface area contributed by atoms with Crippen LogP contribution in [0.25, 0.3) is 0 Å². The lowest BCUT2D eigenvalue weighted by atomic mass is 10.1. The third kappa shape index (κ3) is 11.3. The Hall–Kier alpha value is -1.35. The number of aliphatic hydroxyl groups excluding tert-OH is 1. The fourth-order valence-corrected chi connectivity index (χ4v) is 3.16. The fourth-order valence-electron chi connectivity index (χ4n) is 3.16. The van der Waals surface area contributed by atoms with Gasteiger partial charge in [-0.15, -0.1) is 0 Å². The number of unbranched alkanes of at least 4 members (excludes halogenated alkanes) is 10. The summed E-state index contributed by atoms with van der Waals surface area (Å²) < 4.78 is 0. The number of aliphatic hydroxyl groups is 1. The summed E-state index contributed by atoms with van der Waals surface area (Å²) in [5.41, 5.74) is 2.02. The minimum absolute atomic E-state index is 0.0482. The molecule has 1 aromatic carbocycles. The maximum atomic E-state index is 11.9. The number of hydrogen-bond donors (Lipinski definition) is 2. The van der Waals surface area contributed by atoms with E-state index < -0.39 is 6.10 Å². The van der Waals surface area contributed by atoms with Gasteiger partial charge in [-0.2, -0.15) is 0 Å². The largest absolute Gasteiger partial charge is 0.387 e. The van der Waals surface area contributed by atoms with E-state index in [1.54, 1.807) is 0 Å². The Morgan fingerprint density at radius 3 is 1.92 bits per heavy atom. The first-order valence-corrected chi connectivity index (χ1v) is 10.6. The zero-order valence-corrected chi connectivity index (χ0v) is 16.9. The molecule has 3 heteroatoms. The molecule has 0 aliphatic heterocycles. The zero-order valence-electron chi connectivity index (χ0n) is 16.9. The van der Waals surface area contributed by atoms with Gasteiger partial charge in [-0.25, -0.2) is 0 Å². The molecule has 0 fully saturated rings. The highest BCUT2D eigenvalue weighted by atomic mass is 16.3. The Bertz CT molecular complexity index is 470. The van der Waals surface area contributed by atoms with E-state index >= 15 is 0 Å². The average Bonchev–Trinajstić information content (AvgIpc) is 2.64. The van der Waals surface area contributed by atoms with Crippen molar-refractivity contribution in [2.24, 2.45) is 0 Å². The van der Waals surface area contributed by atoms with Crippen LogP contribution in [0.1, 0.15) is 101 Å². The predicted octanol–water partition coefficient (Wildman–Crippen LogP) is 5.85. The summed E-state index contributed by atoms with van der Waals surface area (Å²) >= 11 is 0. The van der Waals surface area contributed by atoms with Gasteiger partial charge in [-0.05, 0) is 18.9 Å². The number of aryl methyl sites for hydroxylation is 1. The molecule has 148 valence electrons. The molecule has 1 aromatic rings. The van der Waals surface area contributed by atoms with Crippen molar-refractivity contribution in [3.05, 3.63) is 35.4 Å². The van der Waals surface area contributed by atoms with Crippen LogP contribution in [0, 0.1) is 6.92 Å². The van der Waals surface area contributed by atoms with Gasteiger partial charge >= 0.3 is 0 Å². The summed E-state index contributed by atoms with van der Waals surface area (Å²) in [5.74, 6) is 0.0482. The summed E-state index contributed by atoms with van der Waals surface area (Å²) in [7, 11) is 0. The molecule has 0 heterocycles. The van der Waals surface area contributed by atoms with E-state index in [0.29, 0.717) is 13.0 Å². The van der Waals surface area contributed by atoms with Crippen molar-refractivity contribution in [2.75, 3.05) is 6.54 Å². The third-order valence-corrected chi connectivity index (χ3v) is 4.96. The Balaban J connectivity index is 1.94. The first-order chi connectivity index (χ1) is 12.6. The molecule has 0 saturated heterocycles. The number of rotatable bonds is 15. The van der Waals surface area contributed by atoms with Gasteiger partial charge < -0.3 is 10.4 Å². The topological polar surface area (TPSA) is 49.3 Å². The molecular weight excluding hydrogens is 322 g/mol. The van der Waals surface area contributed by atoms with Crippen molar-refractivity contribution in [3.63, 3.8) is 0 Å². The maximum Gasteiger partial charge on any atom is 0.220 e. The van der Waals surface area contributed by atoms with Crippen LogP contribution < -0.4 is 5.32 Å². The maximum absolute atomic E-state index is 11.9. The van der Waals surface area contributed by atoms with Crippen molar-refractivity contribution in [2.45, 2.75) is 97.0 Å². The van der Waals surface area contributed by atoms with Crippen LogP contribution in [0.4, 0.5) is 0 Å². The van der Waals surface area contributed by atoms with Gasteiger partial charge in [0.1, 0.15) is 0 Å². The van der Waals surface area contributed by atoms with Gasteiger partial charge in [0, 0.05) is 13.0 Å². The van der Waals surface area contributed by atoms with Crippen molar-refractivity contribution in [1.29, 1.82) is 0 Å². The van der Waals surface area contributed by atoms with Gasteiger partial charge in [0.25, 0.3) is 0 Å². The lowest BCUT2D eigenvalue weighted by Crippen LogP contribution is -2.28. The van der Waals surface area contributed by atoms with Gasteiger partial charge in [-0.1, -0.05) is 101 Å². The summed E-state index contributed by atoms with van der Waals surface area (Å²) in [5, 5.41) is 12.9. The van der Waals surface area contributed by atoms with Gasteiger partial charge in [-0.3, -0.25) is 4.79 Å². The minimum atomic E-state index is -0.628. The lowest BCUT2D eigenvalue weighted by molar-refractivity contribution is -0.121. The number of carbonyl (C=O) groups is 1. The molecule has 2 N–H and O–H groups in total.